The number of nitro groups is 1. The molecule has 0 saturated carbocycles. The van der Waals surface area contributed by atoms with Gasteiger partial charge in [0, 0.05) is 28.8 Å². The van der Waals surface area contributed by atoms with Gasteiger partial charge in [-0.25, -0.2) is 9.97 Å². The fraction of sp³-hybridized carbons (Fsp3) is 0.0417. The summed E-state index contributed by atoms with van der Waals surface area (Å²) in [5, 5.41) is 18.1. The van der Waals surface area contributed by atoms with Gasteiger partial charge in [0.25, 0.3) is 5.69 Å². The Morgan fingerprint density at radius 3 is 2.53 bits per heavy atom. The number of benzene rings is 3. The van der Waals surface area contributed by atoms with E-state index in [0.717, 1.165) is 32.4 Å². The maximum Gasteiger partial charge on any atom is 0.269 e. The Morgan fingerprint density at radius 1 is 1.00 bits per heavy atom. The molecule has 10 heteroatoms. The Bertz CT molecular complexity index is 1430. The smallest absolute Gasteiger partial charge is 0.258 e. The molecule has 0 aliphatic carbocycles. The van der Waals surface area contributed by atoms with Crippen LogP contribution < -0.4 is 5.43 Å². The summed E-state index contributed by atoms with van der Waals surface area (Å²) in [6, 6.07) is 24.5. The number of fused-ring (bicyclic) bond motifs is 1. The van der Waals surface area contributed by atoms with Crippen molar-refractivity contribution in [3.63, 3.8) is 0 Å². The van der Waals surface area contributed by atoms with Crippen molar-refractivity contribution >= 4 is 61.2 Å². The van der Waals surface area contributed by atoms with Gasteiger partial charge in [-0.2, -0.15) is 5.10 Å². The van der Waals surface area contributed by atoms with Gasteiger partial charge in [0.15, 0.2) is 4.34 Å². The van der Waals surface area contributed by atoms with Gasteiger partial charge in [-0.1, -0.05) is 54.2 Å². The summed E-state index contributed by atoms with van der Waals surface area (Å²) in [4.78, 5) is 19.7. The van der Waals surface area contributed by atoms with Crippen LogP contribution in [0, 0.1) is 10.1 Å². The zero-order valence-corrected chi connectivity index (χ0v) is 20.1. The number of rotatable bonds is 8. The molecule has 0 unspecified atom stereocenters. The van der Waals surface area contributed by atoms with Crippen molar-refractivity contribution in [2.24, 2.45) is 5.10 Å². The third kappa shape index (κ3) is 5.14. The molecule has 0 atom stereocenters. The van der Waals surface area contributed by atoms with Crippen LogP contribution in [-0.4, -0.2) is 26.4 Å². The van der Waals surface area contributed by atoms with Crippen molar-refractivity contribution in [1.29, 1.82) is 0 Å². The Labute approximate surface area is 207 Å². The summed E-state index contributed by atoms with van der Waals surface area (Å²) in [6.07, 6.45) is 0. The molecule has 7 nitrogen and oxygen atoms in total. The lowest BCUT2D eigenvalue weighted by Gasteiger charge is -2.06. The predicted octanol–water partition coefficient (Wildman–Crippen LogP) is 6.94. The molecular weight excluding hydrogens is 486 g/mol. The van der Waals surface area contributed by atoms with Crippen molar-refractivity contribution in [1.82, 2.24) is 9.97 Å². The minimum absolute atomic E-state index is 0.0556. The van der Waals surface area contributed by atoms with E-state index in [1.165, 1.54) is 28.2 Å². The summed E-state index contributed by atoms with van der Waals surface area (Å²) in [7, 11) is 0. The van der Waals surface area contributed by atoms with Crippen molar-refractivity contribution in [3.8, 4) is 11.3 Å². The maximum absolute atomic E-state index is 10.9. The highest BCUT2D eigenvalue weighted by atomic mass is 32.2. The van der Waals surface area contributed by atoms with Crippen LogP contribution in [0.15, 0.2) is 93.7 Å². The van der Waals surface area contributed by atoms with Crippen LogP contribution in [0.1, 0.15) is 5.56 Å². The van der Waals surface area contributed by atoms with Crippen molar-refractivity contribution < 1.29 is 4.92 Å². The normalized spacial score (nSPS) is 11.6. The minimum Gasteiger partial charge on any atom is -0.258 e. The van der Waals surface area contributed by atoms with Gasteiger partial charge in [0.2, 0.25) is 5.13 Å². The lowest BCUT2D eigenvalue weighted by Crippen LogP contribution is -2.07. The number of para-hydroxylation sites is 1. The fourth-order valence-corrected chi connectivity index (χ4v) is 5.88. The van der Waals surface area contributed by atoms with Gasteiger partial charge in [-0.15, -0.1) is 22.7 Å². The third-order valence-electron chi connectivity index (χ3n) is 4.88. The molecule has 0 bridgehead atoms. The minimum atomic E-state index is -0.413. The van der Waals surface area contributed by atoms with E-state index < -0.39 is 4.92 Å². The number of thiazole rings is 2. The lowest BCUT2D eigenvalue weighted by molar-refractivity contribution is -0.384. The zero-order valence-electron chi connectivity index (χ0n) is 17.6. The molecule has 0 fully saturated rings. The monoisotopic (exact) mass is 503 g/mol. The molecule has 168 valence electrons. The number of non-ortho nitro benzene ring substituents is 1. The molecular formula is C24H17N5O2S3. The second kappa shape index (κ2) is 10.1. The standard InChI is InChI=1S/C24H17N5O2S3/c30-29(31)18-12-10-17(11-13-18)20-14-32-23(25-20)28-27-21(16-6-2-1-3-7-16)15-33-24-26-19-8-4-5-9-22(19)34-24/h1-14H,15H2,(H,25,28)/b27-21-. The van der Waals surface area contributed by atoms with Gasteiger partial charge in [0.1, 0.15) is 0 Å². The average Bonchev–Trinajstić information content (AvgIpc) is 3.51. The van der Waals surface area contributed by atoms with Gasteiger partial charge >= 0.3 is 0 Å². The number of hydrazone groups is 1. The van der Waals surface area contributed by atoms with Crippen LogP contribution >= 0.6 is 34.4 Å². The summed E-state index contributed by atoms with van der Waals surface area (Å²) >= 11 is 4.76. The third-order valence-corrected chi connectivity index (χ3v) is 7.82. The zero-order chi connectivity index (χ0) is 23.3. The van der Waals surface area contributed by atoms with E-state index >= 15 is 0 Å². The van der Waals surface area contributed by atoms with Crippen LogP contribution in [0.25, 0.3) is 21.5 Å². The van der Waals surface area contributed by atoms with Gasteiger partial charge in [-0.05, 0) is 29.8 Å². The molecule has 0 spiro atoms. The summed E-state index contributed by atoms with van der Waals surface area (Å²) in [5.74, 6) is 0.650. The molecule has 0 aliphatic heterocycles. The molecule has 34 heavy (non-hydrogen) atoms. The second-order valence-corrected chi connectivity index (χ2v) is 10.2. The first kappa shape index (κ1) is 22.2. The average molecular weight is 504 g/mol. The van der Waals surface area contributed by atoms with Gasteiger partial charge in [-0.3, -0.25) is 15.5 Å². The van der Waals surface area contributed by atoms with E-state index in [9.17, 15) is 10.1 Å². The van der Waals surface area contributed by atoms with Gasteiger partial charge in [0.05, 0.1) is 26.5 Å². The molecule has 3 aromatic carbocycles. The number of thioether (sulfide) groups is 1. The Hall–Kier alpha value is -3.60. The second-order valence-electron chi connectivity index (χ2n) is 7.11. The number of anilines is 1. The van der Waals surface area contributed by atoms with Crippen molar-refractivity contribution in [3.05, 3.63) is 99.9 Å². The predicted molar refractivity (Wildman–Crippen MR) is 141 cm³/mol. The number of nitrogens with zero attached hydrogens (tertiary/aromatic N) is 4. The molecule has 0 radical (unpaired) electrons. The molecule has 2 aromatic heterocycles. The first-order valence-corrected chi connectivity index (χ1v) is 12.9. The lowest BCUT2D eigenvalue weighted by atomic mass is 10.1. The number of hydrogen-bond acceptors (Lipinski definition) is 9. The number of aromatic nitrogens is 2. The van der Waals surface area contributed by atoms with E-state index in [0.29, 0.717) is 10.9 Å². The highest BCUT2D eigenvalue weighted by Crippen LogP contribution is 2.30. The van der Waals surface area contributed by atoms with Crippen LogP contribution in [0.5, 0.6) is 0 Å². The van der Waals surface area contributed by atoms with E-state index in [-0.39, 0.29) is 5.69 Å². The highest BCUT2D eigenvalue weighted by molar-refractivity contribution is 8.01. The SMILES string of the molecule is O=[N+]([O-])c1ccc(-c2csc(N/N=C(/CSc3nc4ccccc4s3)c3ccccc3)n2)cc1. The first-order valence-electron chi connectivity index (χ1n) is 10.2. The molecule has 0 aliphatic rings. The molecule has 0 saturated heterocycles. The van der Waals surface area contributed by atoms with E-state index in [2.05, 4.69) is 21.6 Å². The van der Waals surface area contributed by atoms with Crippen LogP contribution in [0.3, 0.4) is 0 Å². The molecule has 5 aromatic rings. The quantitative estimate of drug-likeness (QED) is 0.107. The molecule has 2 heterocycles. The highest BCUT2D eigenvalue weighted by Gasteiger charge is 2.11. The Balaban J connectivity index is 1.33. The number of hydrogen-bond donors (Lipinski definition) is 1. The summed E-state index contributed by atoms with van der Waals surface area (Å²) < 4.78 is 2.17. The van der Waals surface area contributed by atoms with Crippen molar-refractivity contribution in [2.75, 3.05) is 11.2 Å². The van der Waals surface area contributed by atoms with Crippen LogP contribution in [-0.2, 0) is 0 Å². The van der Waals surface area contributed by atoms with E-state index in [1.807, 2.05) is 53.9 Å². The Kier molecular flexibility index (Phi) is 6.61. The number of nitro benzene ring substituents is 1. The maximum atomic E-state index is 10.9. The summed E-state index contributed by atoms with van der Waals surface area (Å²) in [6.45, 7) is 0. The topological polar surface area (TPSA) is 93.3 Å². The van der Waals surface area contributed by atoms with Crippen LogP contribution in [0.2, 0.25) is 0 Å². The molecule has 1 N–H and O–H groups in total. The molecule has 5 rings (SSSR count). The molecule has 0 amide bonds. The van der Waals surface area contributed by atoms with E-state index in [1.54, 1.807) is 35.2 Å². The van der Waals surface area contributed by atoms with Crippen molar-refractivity contribution in [2.45, 2.75) is 4.34 Å². The Morgan fingerprint density at radius 2 is 1.76 bits per heavy atom. The summed E-state index contributed by atoms with van der Waals surface area (Å²) in [5.41, 5.74) is 7.61. The fourth-order valence-electron chi connectivity index (χ4n) is 3.18. The van der Waals surface area contributed by atoms with E-state index in [4.69, 9.17) is 4.98 Å². The van der Waals surface area contributed by atoms with Gasteiger partial charge < -0.3 is 0 Å². The first-order chi connectivity index (χ1) is 16.7. The number of nitrogens with one attached hydrogen (secondary N) is 1. The van der Waals surface area contributed by atoms with Crippen LogP contribution in [0.4, 0.5) is 10.8 Å². The largest absolute Gasteiger partial charge is 0.269 e.